The predicted molar refractivity (Wildman–Crippen MR) is 110 cm³/mol. The average molecular weight is 373 g/mol. The first-order valence-corrected chi connectivity index (χ1v) is 9.57. The fraction of sp³-hybridized carbons (Fsp3) is 0.261. The van der Waals surface area contributed by atoms with Crippen molar-refractivity contribution in [3.05, 3.63) is 70.9 Å². The van der Waals surface area contributed by atoms with Crippen molar-refractivity contribution < 1.29 is 9.59 Å². The summed E-state index contributed by atoms with van der Waals surface area (Å²) in [6.45, 7) is 3.97. The number of hydrogen-bond acceptors (Lipinski definition) is 3. The molecule has 0 atom stereocenters. The number of pyridine rings is 1. The number of aryl methyl sites for hydroxylation is 2. The second-order valence-electron chi connectivity index (χ2n) is 7.37. The Morgan fingerprint density at radius 1 is 1.04 bits per heavy atom. The van der Waals surface area contributed by atoms with Gasteiger partial charge in [-0.2, -0.15) is 0 Å². The van der Waals surface area contributed by atoms with Crippen molar-refractivity contribution in [2.75, 3.05) is 5.32 Å². The standard InChI is InChI=1S/C23H23N3O2/c1-14-19-5-3-4-6-21(19)24-15(2)20(14)13-22(27)25-17-9-7-16(8-10-17)23(28)26-18-11-12-18/h3-10,18H,11-13H2,1-2H3,(H,25,27)(H,26,28). The van der Waals surface area contributed by atoms with Gasteiger partial charge in [0.15, 0.2) is 0 Å². The molecule has 5 nitrogen and oxygen atoms in total. The zero-order valence-electron chi connectivity index (χ0n) is 16.1. The number of hydrogen-bond donors (Lipinski definition) is 2. The van der Waals surface area contributed by atoms with Gasteiger partial charge in [-0.05, 0) is 68.1 Å². The maximum absolute atomic E-state index is 12.6. The van der Waals surface area contributed by atoms with Crippen molar-refractivity contribution in [2.45, 2.75) is 39.2 Å². The van der Waals surface area contributed by atoms with Gasteiger partial charge < -0.3 is 10.6 Å². The lowest BCUT2D eigenvalue weighted by Gasteiger charge is -2.13. The van der Waals surface area contributed by atoms with Crippen molar-refractivity contribution in [1.82, 2.24) is 10.3 Å². The molecule has 0 bridgehead atoms. The average Bonchev–Trinajstić information content (AvgIpc) is 3.49. The van der Waals surface area contributed by atoms with Gasteiger partial charge in [-0.25, -0.2) is 0 Å². The minimum atomic E-state index is -0.0986. The molecule has 1 saturated carbocycles. The van der Waals surface area contributed by atoms with E-state index in [0.717, 1.165) is 40.6 Å². The molecular weight excluding hydrogens is 350 g/mol. The van der Waals surface area contributed by atoms with E-state index in [9.17, 15) is 9.59 Å². The number of anilines is 1. The molecule has 1 heterocycles. The van der Waals surface area contributed by atoms with Crippen molar-refractivity contribution >= 4 is 28.4 Å². The first-order valence-electron chi connectivity index (χ1n) is 9.57. The van der Waals surface area contributed by atoms with Crippen LogP contribution in [0.25, 0.3) is 10.9 Å². The van der Waals surface area contributed by atoms with E-state index in [4.69, 9.17) is 0 Å². The molecular formula is C23H23N3O2. The number of carbonyl (C=O) groups excluding carboxylic acids is 2. The predicted octanol–water partition coefficient (Wildman–Crippen LogP) is 3.93. The summed E-state index contributed by atoms with van der Waals surface area (Å²) in [7, 11) is 0. The highest BCUT2D eigenvalue weighted by molar-refractivity contribution is 5.97. The van der Waals surface area contributed by atoms with E-state index in [1.807, 2.05) is 38.1 Å². The molecule has 0 aliphatic heterocycles. The largest absolute Gasteiger partial charge is 0.349 e. The van der Waals surface area contributed by atoms with Crippen LogP contribution in [-0.2, 0) is 11.2 Å². The molecule has 5 heteroatoms. The van der Waals surface area contributed by atoms with Gasteiger partial charge in [0, 0.05) is 28.4 Å². The van der Waals surface area contributed by atoms with Crippen LogP contribution in [0.5, 0.6) is 0 Å². The third-order valence-electron chi connectivity index (χ3n) is 5.17. The quantitative estimate of drug-likeness (QED) is 0.712. The van der Waals surface area contributed by atoms with Crippen molar-refractivity contribution in [1.29, 1.82) is 0 Å². The Labute approximate surface area is 164 Å². The summed E-state index contributed by atoms with van der Waals surface area (Å²) in [5.41, 5.74) is 5.15. The van der Waals surface area contributed by atoms with Gasteiger partial charge in [-0.1, -0.05) is 18.2 Å². The van der Waals surface area contributed by atoms with Gasteiger partial charge >= 0.3 is 0 Å². The second kappa shape index (κ2) is 7.43. The topological polar surface area (TPSA) is 71.1 Å². The van der Waals surface area contributed by atoms with E-state index in [1.54, 1.807) is 24.3 Å². The van der Waals surface area contributed by atoms with E-state index < -0.39 is 0 Å². The summed E-state index contributed by atoms with van der Waals surface area (Å²) < 4.78 is 0. The molecule has 1 aliphatic carbocycles. The van der Waals surface area contributed by atoms with Gasteiger partial charge in [0.05, 0.1) is 11.9 Å². The SMILES string of the molecule is Cc1nc2ccccc2c(C)c1CC(=O)Nc1ccc(C(=O)NC2CC2)cc1. The van der Waals surface area contributed by atoms with E-state index in [0.29, 0.717) is 17.3 Å². The third-order valence-corrected chi connectivity index (χ3v) is 5.17. The van der Waals surface area contributed by atoms with Crippen LogP contribution < -0.4 is 10.6 Å². The summed E-state index contributed by atoms with van der Waals surface area (Å²) in [4.78, 5) is 29.3. The van der Waals surface area contributed by atoms with Crippen LogP contribution in [0.3, 0.4) is 0 Å². The molecule has 2 N–H and O–H groups in total. The highest BCUT2D eigenvalue weighted by Crippen LogP contribution is 2.23. The Bertz CT molecular complexity index is 1050. The van der Waals surface area contributed by atoms with Crippen LogP contribution in [0.15, 0.2) is 48.5 Å². The van der Waals surface area contributed by atoms with E-state index in [1.165, 1.54) is 0 Å². The lowest BCUT2D eigenvalue weighted by atomic mass is 9.99. The molecule has 2 amide bonds. The number of nitrogens with one attached hydrogen (secondary N) is 2. The maximum atomic E-state index is 12.6. The zero-order chi connectivity index (χ0) is 19.7. The summed E-state index contributed by atoms with van der Waals surface area (Å²) >= 11 is 0. The summed E-state index contributed by atoms with van der Waals surface area (Å²) in [6, 6.07) is 15.3. The first kappa shape index (κ1) is 18.2. The molecule has 0 saturated heterocycles. The number of fused-ring (bicyclic) bond motifs is 1. The van der Waals surface area contributed by atoms with E-state index in [2.05, 4.69) is 15.6 Å². The van der Waals surface area contributed by atoms with Crippen LogP contribution in [0, 0.1) is 13.8 Å². The van der Waals surface area contributed by atoms with Gasteiger partial charge in [0.2, 0.25) is 5.91 Å². The van der Waals surface area contributed by atoms with Crippen LogP contribution in [-0.4, -0.2) is 22.8 Å². The summed E-state index contributed by atoms with van der Waals surface area (Å²) in [5.74, 6) is -0.160. The fourth-order valence-electron chi connectivity index (χ4n) is 3.40. The van der Waals surface area contributed by atoms with Crippen molar-refractivity contribution in [2.24, 2.45) is 0 Å². The number of para-hydroxylation sites is 1. The highest BCUT2D eigenvalue weighted by atomic mass is 16.2. The molecule has 0 radical (unpaired) electrons. The number of aromatic nitrogens is 1. The smallest absolute Gasteiger partial charge is 0.251 e. The number of carbonyl (C=O) groups is 2. The molecule has 142 valence electrons. The van der Waals surface area contributed by atoms with Gasteiger partial charge in [0.1, 0.15) is 0 Å². The van der Waals surface area contributed by atoms with Gasteiger partial charge in [-0.15, -0.1) is 0 Å². The molecule has 1 aromatic heterocycles. The van der Waals surface area contributed by atoms with Crippen molar-refractivity contribution in [3.8, 4) is 0 Å². The first-order chi connectivity index (χ1) is 13.5. The van der Waals surface area contributed by atoms with Crippen molar-refractivity contribution in [3.63, 3.8) is 0 Å². The Kier molecular flexibility index (Phi) is 4.82. The molecule has 28 heavy (non-hydrogen) atoms. The maximum Gasteiger partial charge on any atom is 0.251 e. The third kappa shape index (κ3) is 3.88. The highest BCUT2D eigenvalue weighted by Gasteiger charge is 2.23. The van der Waals surface area contributed by atoms with Crippen LogP contribution >= 0.6 is 0 Å². The van der Waals surface area contributed by atoms with Crippen LogP contribution in [0.1, 0.15) is 40.0 Å². The normalized spacial score (nSPS) is 13.4. The monoisotopic (exact) mass is 373 g/mol. The summed E-state index contributed by atoms with van der Waals surface area (Å²) in [5, 5.41) is 6.94. The van der Waals surface area contributed by atoms with E-state index in [-0.39, 0.29) is 18.2 Å². The molecule has 4 rings (SSSR count). The Balaban J connectivity index is 1.45. The molecule has 1 fully saturated rings. The van der Waals surface area contributed by atoms with E-state index >= 15 is 0 Å². The number of nitrogens with zero attached hydrogens (tertiary/aromatic N) is 1. The lowest BCUT2D eigenvalue weighted by molar-refractivity contribution is -0.115. The Hall–Kier alpha value is -3.21. The second-order valence-corrected chi connectivity index (χ2v) is 7.37. The number of amides is 2. The van der Waals surface area contributed by atoms with Crippen LogP contribution in [0.4, 0.5) is 5.69 Å². The van der Waals surface area contributed by atoms with Crippen LogP contribution in [0.2, 0.25) is 0 Å². The fourth-order valence-corrected chi connectivity index (χ4v) is 3.40. The number of benzene rings is 2. The lowest BCUT2D eigenvalue weighted by Crippen LogP contribution is -2.25. The van der Waals surface area contributed by atoms with Gasteiger partial charge in [-0.3, -0.25) is 14.6 Å². The molecule has 1 aliphatic rings. The number of rotatable bonds is 5. The summed E-state index contributed by atoms with van der Waals surface area (Å²) in [6.07, 6.45) is 2.38. The zero-order valence-corrected chi connectivity index (χ0v) is 16.1. The van der Waals surface area contributed by atoms with Gasteiger partial charge in [0.25, 0.3) is 5.91 Å². The molecule has 3 aromatic rings. The minimum absolute atomic E-state index is 0.0612. The molecule has 2 aromatic carbocycles. The minimum Gasteiger partial charge on any atom is -0.349 e. The molecule has 0 unspecified atom stereocenters. The molecule has 0 spiro atoms. The Morgan fingerprint density at radius 3 is 2.46 bits per heavy atom. The Morgan fingerprint density at radius 2 is 1.75 bits per heavy atom.